The third kappa shape index (κ3) is 4.98. The largest absolute Gasteiger partial charge is 0.354 e. The molecule has 4 aromatic rings. The van der Waals surface area contributed by atoms with Crippen LogP contribution < -0.4 is 16.6 Å². The third-order valence-electron chi connectivity index (χ3n) is 7.57. The minimum atomic E-state index is -0.0804. The van der Waals surface area contributed by atoms with E-state index in [2.05, 4.69) is 15.3 Å². The van der Waals surface area contributed by atoms with Gasteiger partial charge in [0.25, 0.3) is 5.56 Å². The van der Waals surface area contributed by atoms with Crippen molar-refractivity contribution in [3.63, 3.8) is 0 Å². The van der Waals surface area contributed by atoms with Gasteiger partial charge in [-0.25, -0.2) is 4.98 Å². The van der Waals surface area contributed by atoms with Crippen LogP contribution in [-0.4, -0.2) is 32.1 Å². The fourth-order valence-corrected chi connectivity index (χ4v) is 5.53. The summed E-state index contributed by atoms with van der Waals surface area (Å²) in [5, 5.41) is 4.69. The molecule has 2 aliphatic rings. The Morgan fingerprint density at radius 1 is 1.03 bits per heavy atom. The summed E-state index contributed by atoms with van der Waals surface area (Å²) in [6, 6.07) is 13.8. The number of aromatic nitrogens is 4. The molecule has 3 N–H and O–H groups in total. The zero-order chi connectivity index (χ0) is 25.5. The van der Waals surface area contributed by atoms with Crippen LogP contribution in [0.2, 0.25) is 5.02 Å². The number of halogens is 1. The molecule has 0 radical (unpaired) electrons. The van der Waals surface area contributed by atoms with Gasteiger partial charge in [-0.2, -0.15) is 4.98 Å². The van der Waals surface area contributed by atoms with Gasteiger partial charge in [0.15, 0.2) is 0 Å². The molecule has 0 bridgehead atoms. The van der Waals surface area contributed by atoms with Gasteiger partial charge in [0.2, 0.25) is 5.95 Å². The Labute approximate surface area is 221 Å². The number of anilines is 1. The highest BCUT2D eigenvalue weighted by molar-refractivity contribution is 6.33. The van der Waals surface area contributed by atoms with Gasteiger partial charge < -0.3 is 11.1 Å². The first-order chi connectivity index (χ1) is 18.0. The number of nitrogens with two attached hydrogens (primary N) is 1. The van der Waals surface area contributed by atoms with E-state index in [0.29, 0.717) is 33.7 Å². The average Bonchev–Trinajstić information content (AvgIpc) is 3.73. The van der Waals surface area contributed by atoms with Gasteiger partial charge in [0.1, 0.15) is 5.65 Å². The number of hydrogen-bond acceptors (Lipinski definition) is 6. The van der Waals surface area contributed by atoms with Gasteiger partial charge in [-0.05, 0) is 75.6 Å². The summed E-state index contributed by atoms with van der Waals surface area (Å²) in [6.07, 6.45) is 7.77. The molecule has 7 nitrogen and oxygen atoms in total. The van der Waals surface area contributed by atoms with Crippen LogP contribution in [0.25, 0.3) is 33.4 Å². The lowest BCUT2D eigenvalue weighted by molar-refractivity contribution is 0.324. The zero-order valence-electron chi connectivity index (χ0n) is 21.0. The Balaban J connectivity index is 1.45. The lowest BCUT2D eigenvalue weighted by Gasteiger charge is -2.29. The topological polar surface area (TPSA) is 98.7 Å². The molecule has 0 amide bonds. The standard InChI is InChI=1S/C29H31ClN6O/c1-17-3-2-4-26(34-17)19-7-12-23(25(30)14-19)24-13-20-16-33-29(32-15-18-5-6-18)35-27(20)36(28(24)37)22-10-8-21(31)9-11-22/h2-4,7,12-14,16,18,21-22H,5-6,8-11,15,31H2,1H3,(H,32,33,35)/t21-,22-. The Kier molecular flexibility index (Phi) is 6.42. The quantitative estimate of drug-likeness (QED) is 0.340. The Morgan fingerprint density at radius 3 is 2.57 bits per heavy atom. The van der Waals surface area contributed by atoms with Gasteiger partial charge >= 0.3 is 0 Å². The molecule has 8 heteroatoms. The lowest BCUT2D eigenvalue weighted by atomic mass is 9.91. The summed E-state index contributed by atoms with van der Waals surface area (Å²) < 4.78 is 1.87. The van der Waals surface area contributed by atoms with Crippen LogP contribution >= 0.6 is 11.6 Å². The number of aryl methyl sites for hydroxylation is 1. The first kappa shape index (κ1) is 24.1. The van der Waals surface area contributed by atoms with Crippen LogP contribution in [0.15, 0.2) is 53.5 Å². The van der Waals surface area contributed by atoms with Crippen LogP contribution in [0.5, 0.6) is 0 Å². The van der Waals surface area contributed by atoms with E-state index in [9.17, 15) is 4.79 Å². The maximum Gasteiger partial charge on any atom is 0.260 e. The Hall–Kier alpha value is -3.29. The van der Waals surface area contributed by atoms with E-state index in [-0.39, 0.29) is 17.6 Å². The molecule has 37 heavy (non-hydrogen) atoms. The van der Waals surface area contributed by atoms with Crippen molar-refractivity contribution in [2.75, 3.05) is 11.9 Å². The molecule has 3 heterocycles. The summed E-state index contributed by atoms with van der Waals surface area (Å²) in [6.45, 7) is 2.83. The normalized spacial score (nSPS) is 19.8. The van der Waals surface area contributed by atoms with Crippen molar-refractivity contribution >= 4 is 28.6 Å². The van der Waals surface area contributed by atoms with Crippen molar-refractivity contribution in [3.05, 3.63) is 69.7 Å². The first-order valence-corrected chi connectivity index (χ1v) is 13.5. The van der Waals surface area contributed by atoms with Crippen molar-refractivity contribution in [2.24, 2.45) is 11.7 Å². The van der Waals surface area contributed by atoms with Crippen LogP contribution in [0.3, 0.4) is 0 Å². The predicted octanol–water partition coefficient (Wildman–Crippen LogP) is 5.75. The molecule has 2 aliphatic carbocycles. The molecule has 0 saturated heterocycles. The molecule has 0 aliphatic heterocycles. The summed E-state index contributed by atoms with van der Waals surface area (Å²) in [4.78, 5) is 28.1. The molecular formula is C29H31ClN6O. The van der Waals surface area contributed by atoms with E-state index in [1.165, 1.54) is 12.8 Å². The summed E-state index contributed by atoms with van der Waals surface area (Å²) in [7, 11) is 0. The number of benzene rings is 1. The summed E-state index contributed by atoms with van der Waals surface area (Å²) in [5.41, 5.74) is 10.7. The van der Waals surface area contributed by atoms with E-state index >= 15 is 0 Å². The monoisotopic (exact) mass is 514 g/mol. The third-order valence-corrected chi connectivity index (χ3v) is 7.88. The molecule has 3 aromatic heterocycles. The number of rotatable bonds is 6. The molecule has 6 rings (SSSR count). The molecule has 0 unspecified atom stereocenters. The van der Waals surface area contributed by atoms with Crippen LogP contribution in [0.1, 0.15) is 50.3 Å². The highest BCUT2D eigenvalue weighted by atomic mass is 35.5. The Morgan fingerprint density at radius 2 is 1.84 bits per heavy atom. The van der Waals surface area contributed by atoms with Crippen molar-refractivity contribution in [1.29, 1.82) is 0 Å². The van der Waals surface area contributed by atoms with E-state index in [4.69, 9.17) is 22.3 Å². The molecule has 2 saturated carbocycles. The first-order valence-electron chi connectivity index (χ1n) is 13.1. The number of pyridine rings is 2. The van der Waals surface area contributed by atoms with E-state index in [0.717, 1.165) is 54.6 Å². The van der Waals surface area contributed by atoms with Crippen LogP contribution in [0.4, 0.5) is 5.95 Å². The lowest BCUT2D eigenvalue weighted by Crippen LogP contribution is -2.33. The number of nitrogens with one attached hydrogen (secondary N) is 1. The van der Waals surface area contributed by atoms with Crippen molar-refractivity contribution in [2.45, 2.75) is 57.5 Å². The SMILES string of the molecule is Cc1cccc(-c2ccc(-c3cc4cnc(NCC5CC5)nc4n([C@H]4CC[C@H](N)CC4)c3=O)c(Cl)c2)n1. The van der Waals surface area contributed by atoms with Crippen molar-refractivity contribution in [1.82, 2.24) is 19.5 Å². The second-order valence-corrected chi connectivity index (χ2v) is 10.9. The van der Waals surface area contributed by atoms with E-state index in [1.54, 1.807) is 0 Å². The maximum atomic E-state index is 14.1. The smallest absolute Gasteiger partial charge is 0.260 e. The second-order valence-electron chi connectivity index (χ2n) is 10.5. The molecule has 1 aromatic carbocycles. The minimum absolute atomic E-state index is 0.0375. The predicted molar refractivity (Wildman–Crippen MR) is 149 cm³/mol. The molecule has 2 fully saturated rings. The summed E-state index contributed by atoms with van der Waals surface area (Å²) in [5.74, 6) is 1.27. The van der Waals surface area contributed by atoms with Gasteiger partial charge in [0.05, 0.1) is 5.69 Å². The highest BCUT2D eigenvalue weighted by Gasteiger charge is 2.26. The van der Waals surface area contributed by atoms with Gasteiger partial charge in [-0.1, -0.05) is 29.8 Å². The van der Waals surface area contributed by atoms with Gasteiger partial charge in [0, 0.05) is 57.6 Å². The number of nitrogens with zero attached hydrogens (tertiary/aromatic N) is 4. The fourth-order valence-electron chi connectivity index (χ4n) is 5.25. The maximum absolute atomic E-state index is 14.1. The number of fused-ring (bicyclic) bond motifs is 1. The highest BCUT2D eigenvalue weighted by Crippen LogP contribution is 2.34. The summed E-state index contributed by atoms with van der Waals surface area (Å²) >= 11 is 6.80. The van der Waals surface area contributed by atoms with Crippen LogP contribution in [-0.2, 0) is 0 Å². The Bertz CT molecular complexity index is 1520. The average molecular weight is 515 g/mol. The van der Waals surface area contributed by atoms with Gasteiger partial charge in [-0.15, -0.1) is 0 Å². The number of hydrogen-bond donors (Lipinski definition) is 2. The van der Waals surface area contributed by atoms with Crippen molar-refractivity contribution in [3.8, 4) is 22.4 Å². The van der Waals surface area contributed by atoms with Crippen LogP contribution in [0, 0.1) is 12.8 Å². The molecule has 190 valence electrons. The zero-order valence-corrected chi connectivity index (χ0v) is 21.7. The minimum Gasteiger partial charge on any atom is -0.354 e. The van der Waals surface area contributed by atoms with E-state index in [1.807, 2.05) is 60.2 Å². The fraction of sp³-hybridized carbons (Fsp3) is 0.379. The second kappa shape index (κ2) is 9.88. The van der Waals surface area contributed by atoms with Gasteiger partial charge in [-0.3, -0.25) is 14.3 Å². The van der Waals surface area contributed by atoms with Crippen molar-refractivity contribution < 1.29 is 0 Å². The molecular weight excluding hydrogens is 484 g/mol. The molecule has 0 spiro atoms. The van der Waals surface area contributed by atoms with E-state index < -0.39 is 0 Å². The molecule has 0 atom stereocenters.